The number of nitrogens with zero attached hydrogens (tertiary/aromatic N) is 2. The van der Waals surface area contributed by atoms with Crippen LogP contribution in [0.4, 0.5) is 5.82 Å². The van der Waals surface area contributed by atoms with Crippen LogP contribution in [-0.2, 0) is 10.5 Å². The van der Waals surface area contributed by atoms with Gasteiger partial charge in [0.2, 0.25) is 0 Å². The van der Waals surface area contributed by atoms with Gasteiger partial charge in [0.05, 0.1) is 5.56 Å². The minimum absolute atomic E-state index is 0.0955. The first-order valence-corrected chi connectivity index (χ1v) is 10.9. The lowest BCUT2D eigenvalue weighted by molar-refractivity contribution is -0.116. The van der Waals surface area contributed by atoms with Gasteiger partial charge >= 0.3 is 0 Å². The van der Waals surface area contributed by atoms with Crippen molar-refractivity contribution in [1.29, 1.82) is 0 Å². The van der Waals surface area contributed by atoms with Crippen LogP contribution in [-0.4, -0.2) is 20.7 Å². The molecule has 2 N–H and O–H groups in total. The highest BCUT2D eigenvalue weighted by molar-refractivity contribution is 7.98. The monoisotopic (exact) mass is 416 g/mol. The van der Waals surface area contributed by atoms with Crippen LogP contribution >= 0.6 is 11.8 Å². The predicted molar refractivity (Wildman–Crippen MR) is 116 cm³/mol. The lowest BCUT2D eigenvalue weighted by Gasteiger charge is -2.32. The number of hydrogen-bond acceptors (Lipinski definition) is 6. The molecule has 150 valence electrons. The number of pyridine rings is 1. The van der Waals surface area contributed by atoms with Gasteiger partial charge in [-0.15, -0.1) is 0 Å². The fourth-order valence-corrected chi connectivity index (χ4v) is 4.94. The zero-order valence-corrected chi connectivity index (χ0v) is 17.0. The number of carbonyl (C=O) groups excluding carboxylic acids is 1. The number of thioether (sulfide) groups is 1. The van der Waals surface area contributed by atoms with Gasteiger partial charge in [-0.2, -0.15) is 0 Å². The van der Waals surface area contributed by atoms with Crippen molar-refractivity contribution in [3.05, 3.63) is 93.2 Å². The zero-order valence-electron chi connectivity index (χ0n) is 16.2. The molecule has 0 spiro atoms. The summed E-state index contributed by atoms with van der Waals surface area (Å²) in [6.45, 7) is 0. The van der Waals surface area contributed by atoms with Gasteiger partial charge in [-0.25, -0.2) is 4.98 Å². The molecule has 1 atom stereocenters. The molecule has 7 heteroatoms. The summed E-state index contributed by atoms with van der Waals surface area (Å²) < 4.78 is 0. The Hall–Kier alpha value is -3.19. The highest BCUT2D eigenvalue weighted by atomic mass is 32.2. The van der Waals surface area contributed by atoms with Crippen molar-refractivity contribution < 1.29 is 4.79 Å². The average Bonchev–Trinajstić information content (AvgIpc) is 2.78. The Morgan fingerprint density at radius 3 is 2.63 bits per heavy atom. The van der Waals surface area contributed by atoms with Crippen LogP contribution in [0.1, 0.15) is 41.9 Å². The number of rotatable bonds is 4. The van der Waals surface area contributed by atoms with Crippen molar-refractivity contribution in [3.8, 4) is 0 Å². The van der Waals surface area contributed by atoms with Crippen molar-refractivity contribution in [2.75, 3.05) is 5.32 Å². The molecule has 1 aliphatic carbocycles. The van der Waals surface area contributed by atoms with Crippen molar-refractivity contribution >= 4 is 23.4 Å². The highest BCUT2D eigenvalue weighted by Gasteiger charge is 2.37. The number of anilines is 1. The van der Waals surface area contributed by atoms with Gasteiger partial charge in [0, 0.05) is 41.8 Å². The van der Waals surface area contributed by atoms with Crippen LogP contribution in [0.3, 0.4) is 0 Å². The number of hydrogen-bond donors (Lipinski definition) is 2. The topological polar surface area (TPSA) is 87.7 Å². The summed E-state index contributed by atoms with van der Waals surface area (Å²) in [6, 6.07) is 13.8. The van der Waals surface area contributed by atoms with Crippen LogP contribution in [0.5, 0.6) is 0 Å². The first kappa shape index (κ1) is 18.8. The van der Waals surface area contributed by atoms with E-state index >= 15 is 0 Å². The van der Waals surface area contributed by atoms with E-state index in [2.05, 4.69) is 15.3 Å². The lowest BCUT2D eigenvalue weighted by Crippen LogP contribution is -2.32. The molecule has 5 rings (SSSR count). The quantitative estimate of drug-likeness (QED) is 0.493. The standard InChI is InChI=1S/C23H20N4O2S/c28-17-8-4-7-16-19(17)18(15-9-11-24-12-10-15)20-21(25-16)26-23(27-22(20)29)30-13-14-5-2-1-3-6-14/h1-3,5-6,9-12,18H,4,7-8,13H2,(H2,25,26,27,29)/t18-/m1/s1. The largest absolute Gasteiger partial charge is 0.343 e. The van der Waals surface area contributed by atoms with Gasteiger partial charge in [0.15, 0.2) is 10.9 Å². The van der Waals surface area contributed by atoms with E-state index in [1.165, 1.54) is 11.8 Å². The number of nitrogens with one attached hydrogen (secondary N) is 2. The number of aromatic nitrogens is 3. The Bertz CT molecular complexity index is 1190. The molecule has 0 fully saturated rings. The van der Waals surface area contributed by atoms with E-state index in [0.717, 1.165) is 29.7 Å². The Morgan fingerprint density at radius 2 is 1.83 bits per heavy atom. The number of fused-ring (bicyclic) bond motifs is 1. The molecule has 0 unspecified atom stereocenters. The number of benzene rings is 1. The molecule has 0 bridgehead atoms. The van der Waals surface area contributed by atoms with E-state index < -0.39 is 5.92 Å². The minimum atomic E-state index is -0.420. The van der Waals surface area contributed by atoms with Crippen molar-refractivity contribution in [3.63, 3.8) is 0 Å². The normalized spacial score (nSPS) is 17.9. The van der Waals surface area contributed by atoms with E-state index in [-0.39, 0.29) is 11.3 Å². The Kier molecular flexibility index (Phi) is 4.96. The summed E-state index contributed by atoms with van der Waals surface area (Å²) >= 11 is 1.49. The molecule has 3 heterocycles. The third kappa shape index (κ3) is 3.45. The molecule has 0 saturated heterocycles. The molecular formula is C23H20N4O2S. The molecule has 0 amide bonds. The second-order valence-corrected chi connectivity index (χ2v) is 8.38. The van der Waals surface area contributed by atoms with Crippen LogP contribution in [0.25, 0.3) is 0 Å². The molecule has 3 aromatic rings. The maximum atomic E-state index is 13.2. The van der Waals surface area contributed by atoms with E-state index in [1.807, 2.05) is 42.5 Å². The molecule has 1 aliphatic heterocycles. The molecule has 30 heavy (non-hydrogen) atoms. The van der Waals surface area contributed by atoms with Gasteiger partial charge in [-0.1, -0.05) is 42.1 Å². The maximum absolute atomic E-state index is 13.2. The van der Waals surface area contributed by atoms with Gasteiger partial charge in [-0.3, -0.25) is 14.6 Å². The van der Waals surface area contributed by atoms with Gasteiger partial charge in [-0.05, 0) is 36.1 Å². The van der Waals surface area contributed by atoms with Crippen LogP contribution in [0.15, 0.2) is 76.1 Å². The first-order chi connectivity index (χ1) is 14.7. The fraction of sp³-hybridized carbons (Fsp3) is 0.217. The third-order valence-electron chi connectivity index (χ3n) is 5.49. The Balaban J connectivity index is 1.57. The van der Waals surface area contributed by atoms with E-state index in [4.69, 9.17) is 4.98 Å². The summed E-state index contributed by atoms with van der Waals surface area (Å²) in [7, 11) is 0. The number of carbonyl (C=O) groups is 1. The predicted octanol–water partition coefficient (Wildman–Crippen LogP) is 4.02. The first-order valence-electron chi connectivity index (χ1n) is 9.95. The Labute approximate surface area is 177 Å². The molecular weight excluding hydrogens is 396 g/mol. The highest BCUT2D eigenvalue weighted by Crippen LogP contribution is 2.43. The lowest BCUT2D eigenvalue weighted by atomic mass is 9.77. The van der Waals surface area contributed by atoms with E-state index in [9.17, 15) is 9.59 Å². The summed E-state index contributed by atoms with van der Waals surface area (Å²) in [4.78, 5) is 37.7. The second-order valence-electron chi connectivity index (χ2n) is 7.42. The van der Waals surface area contributed by atoms with E-state index in [1.54, 1.807) is 12.4 Å². The van der Waals surface area contributed by atoms with Gasteiger partial charge in [0.1, 0.15) is 5.82 Å². The average molecular weight is 417 g/mol. The molecule has 0 radical (unpaired) electrons. The maximum Gasteiger partial charge on any atom is 0.257 e. The van der Waals surface area contributed by atoms with E-state index in [0.29, 0.717) is 34.3 Å². The molecule has 6 nitrogen and oxygen atoms in total. The second kappa shape index (κ2) is 7.91. The summed E-state index contributed by atoms with van der Waals surface area (Å²) in [5, 5.41) is 3.87. The fourth-order valence-electron chi connectivity index (χ4n) is 4.12. The van der Waals surface area contributed by atoms with Crippen molar-refractivity contribution in [2.24, 2.45) is 0 Å². The summed E-state index contributed by atoms with van der Waals surface area (Å²) in [6.07, 6.45) is 5.48. The van der Waals surface area contributed by atoms with Crippen molar-refractivity contribution in [2.45, 2.75) is 36.1 Å². The van der Waals surface area contributed by atoms with Crippen molar-refractivity contribution in [1.82, 2.24) is 15.0 Å². The number of Topliss-reactive ketones (excluding diaryl/α,β-unsaturated/α-hetero) is 1. The molecule has 1 aromatic carbocycles. The number of allylic oxidation sites excluding steroid dienone is 2. The summed E-state index contributed by atoms with van der Waals surface area (Å²) in [5.41, 5.74) is 3.91. The number of ketones is 1. The van der Waals surface area contributed by atoms with Crippen LogP contribution < -0.4 is 10.9 Å². The molecule has 2 aliphatic rings. The zero-order chi connectivity index (χ0) is 20.5. The number of aromatic amines is 1. The van der Waals surface area contributed by atoms with Gasteiger partial charge in [0.25, 0.3) is 5.56 Å². The third-order valence-corrected chi connectivity index (χ3v) is 6.44. The SMILES string of the molecule is O=C1CCCC2=C1[C@@H](c1ccncc1)c1c(nc(SCc3ccccc3)[nH]c1=O)N2. The molecule has 2 aromatic heterocycles. The molecule has 0 saturated carbocycles. The summed E-state index contributed by atoms with van der Waals surface area (Å²) in [5.74, 6) is 0.933. The Morgan fingerprint density at radius 1 is 1.03 bits per heavy atom. The minimum Gasteiger partial charge on any atom is -0.343 e. The van der Waals surface area contributed by atoms with Gasteiger partial charge < -0.3 is 10.3 Å². The number of H-pyrrole nitrogens is 1. The smallest absolute Gasteiger partial charge is 0.257 e. The van der Waals surface area contributed by atoms with Crippen LogP contribution in [0.2, 0.25) is 0 Å². The van der Waals surface area contributed by atoms with Crippen LogP contribution in [0, 0.1) is 0 Å².